The van der Waals surface area contributed by atoms with Gasteiger partial charge in [-0.3, -0.25) is 9.69 Å². The van der Waals surface area contributed by atoms with Crippen molar-refractivity contribution in [3.63, 3.8) is 0 Å². The molecule has 0 aromatic carbocycles. The van der Waals surface area contributed by atoms with Gasteiger partial charge in [0.05, 0.1) is 19.0 Å². The molecule has 1 atom stereocenters. The molecule has 0 bridgehead atoms. The molecular weight excluding hydrogens is 286 g/mol. The highest BCUT2D eigenvalue weighted by Crippen LogP contribution is 1.98. The Hall–Kier alpha value is -0.740. The van der Waals surface area contributed by atoms with Crippen LogP contribution in [0.5, 0.6) is 0 Å². The van der Waals surface area contributed by atoms with Crippen molar-refractivity contribution in [1.29, 1.82) is 0 Å². The number of ether oxygens (including phenoxy) is 1. The van der Waals surface area contributed by atoms with Gasteiger partial charge in [0.2, 0.25) is 10.0 Å². The standard InChI is InChI=1S/C11H23N3O5S/c12-10(11(15)16)2-9-20(17,18)13-3-1-4-14-5-7-19-8-6-14/h10,13H,1-9,12H2,(H,15,16)/t10-/m0/s1. The van der Waals surface area contributed by atoms with Gasteiger partial charge in [0.1, 0.15) is 6.04 Å². The number of rotatable bonds is 9. The highest BCUT2D eigenvalue weighted by atomic mass is 32.2. The summed E-state index contributed by atoms with van der Waals surface area (Å²) in [6, 6.07) is -1.14. The maximum absolute atomic E-state index is 11.6. The van der Waals surface area contributed by atoms with Gasteiger partial charge in [-0.05, 0) is 19.4 Å². The summed E-state index contributed by atoms with van der Waals surface area (Å²) in [6.07, 6.45) is 0.623. The van der Waals surface area contributed by atoms with Crippen LogP contribution in [0.2, 0.25) is 0 Å². The van der Waals surface area contributed by atoms with Gasteiger partial charge in [-0.2, -0.15) is 0 Å². The normalized spacial score (nSPS) is 18.9. The molecule has 118 valence electrons. The van der Waals surface area contributed by atoms with Crippen LogP contribution in [0.15, 0.2) is 0 Å². The molecule has 1 saturated heterocycles. The van der Waals surface area contributed by atoms with Crippen LogP contribution >= 0.6 is 0 Å². The number of nitrogens with one attached hydrogen (secondary N) is 1. The van der Waals surface area contributed by atoms with Crippen LogP contribution in [0.25, 0.3) is 0 Å². The second-order valence-electron chi connectivity index (χ2n) is 4.75. The average Bonchev–Trinajstić information content (AvgIpc) is 2.42. The fourth-order valence-electron chi connectivity index (χ4n) is 1.83. The van der Waals surface area contributed by atoms with E-state index in [1.807, 2.05) is 0 Å². The number of morpholine rings is 1. The zero-order valence-electron chi connectivity index (χ0n) is 11.5. The number of nitrogens with two attached hydrogens (primary N) is 1. The van der Waals surface area contributed by atoms with Gasteiger partial charge >= 0.3 is 5.97 Å². The minimum absolute atomic E-state index is 0.0892. The van der Waals surface area contributed by atoms with Crippen molar-refractivity contribution in [2.75, 3.05) is 45.1 Å². The van der Waals surface area contributed by atoms with E-state index in [1.54, 1.807) is 0 Å². The molecule has 0 aliphatic carbocycles. The van der Waals surface area contributed by atoms with Crippen molar-refractivity contribution in [1.82, 2.24) is 9.62 Å². The molecule has 1 aliphatic rings. The lowest BCUT2D eigenvalue weighted by molar-refractivity contribution is -0.138. The van der Waals surface area contributed by atoms with E-state index in [0.717, 1.165) is 32.8 Å². The fourth-order valence-corrected chi connectivity index (χ4v) is 3.00. The van der Waals surface area contributed by atoms with E-state index in [9.17, 15) is 13.2 Å². The predicted molar refractivity (Wildman–Crippen MR) is 73.9 cm³/mol. The molecule has 1 rings (SSSR count). The first-order valence-electron chi connectivity index (χ1n) is 6.66. The first kappa shape index (κ1) is 17.3. The largest absolute Gasteiger partial charge is 0.480 e. The van der Waals surface area contributed by atoms with Crippen molar-refractivity contribution in [2.45, 2.75) is 18.9 Å². The molecule has 0 saturated carbocycles. The smallest absolute Gasteiger partial charge is 0.320 e. The molecule has 0 amide bonds. The summed E-state index contributed by atoms with van der Waals surface area (Å²) >= 11 is 0. The summed E-state index contributed by atoms with van der Waals surface area (Å²) in [7, 11) is -3.45. The minimum Gasteiger partial charge on any atom is -0.480 e. The van der Waals surface area contributed by atoms with E-state index < -0.39 is 22.0 Å². The van der Waals surface area contributed by atoms with Crippen molar-refractivity contribution < 1.29 is 23.1 Å². The summed E-state index contributed by atoms with van der Waals surface area (Å²) in [6.45, 7) is 4.36. The molecule has 4 N–H and O–H groups in total. The number of carbonyl (C=O) groups is 1. The summed E-state index contributed by atoms with van der Waals surface area (Å²) < 4.78 is 30.9. The summed E-state index contributed by atoms with van der Waals surface area (Å²) in [5, 5.41) is 8.58. The van der Waals surface area contributed by atoms with E-state index >= 15 is 0 Å². The Labute approximate surface area is 119 Å². The SMILES string of the molecule is N[C@@H](CCS(=O)(=O)NCCCN1CCOCC1)C(=O)O. The zero-order valence-corrected chi connectivity index (χ0v) is 12.3. The lowest BCUT2D eigenvalue weighted by Crippen LogP contribution is -2.39. The van der Waals surface area contributed by atoms with Crippen LogP contribution < -0.4 is 10.5 Å². The second-order valence-corrected chi connectivity index (χ2v) is 6.68. The van der Waals surface area contributed by atoms with Crippen molar-refractivity contribution in [3.8, 4) is 0 Å². The molecule has 1 fully saturated rings. The topological polar surface area (TPSA) is 122 Å². The second kappa shape index (κ2) is 8.53. The van der Waals surface area contributed by atoms with Gasteiger partial charge in [-0.1, -0.05) is 0 Å². The third-order valence-electron chi connectivity index (χ3n) is 3.09. The Balaban J connectivity index is 2.14. The van der Waals surface area contributed by atoms with Crippen LogP contribution in [-0.2, 0) is 19.6 Å². The highest BCUT2D eigenvalue weighted by Gasteiger charge is 2.17. The quantitative estimate of drug-likeness (QED) is 0.440. The molecule has 1 aliphatic heterocycles. The summed E-state index contributed by atoms with van der Waals surface area (Å²) in [5.41, 5.74) is 5.27. The van der Waals surface area contributed by atoms with Gasteiger partial charge in [0.15, 0.2) is 0 Å². The Morgan fingerprint density at radius 2 is 2.05 bits per heavy atom. The highest BCUT2D eigenvalue weighted by molar-refractivity contribution is 7.89. The van der Waals surface area contributed by atoms with Crippen LogP contribution in [0.4, 0.5) is 0 Å². The summed E-state index contributed by atoms with van der Waals surface area (Å²) in [4.78, 5) is 12.7. The van der Waals surface area contributed by atoms with Crippen LogP contribution in [0.1, 0.15) is 12.8 Å². The molecule has 0 radical (unpaired) electrons. The first-order chi connectivity index (χ1) is 9.41. The van der Waals surface area contributed by atoms with Gasteiger partial charge in [0.25, 0.3) is 0 Å². The predicted octanol–water partition coefficient (Wildman–Crippen LogP) is -1.57. The molecule has 1 heterocycles. The number of hydrogen-bond donors (Lipinski definition) is 3. The lowest BCUT2D eigenvalue weighted by atomic mass is 10.2. The lowest BCUT2D eigenvalue weighted by Gasteiger charge is -2.26. The molecule has 8 nitrogen and oxygen atoms in total. The van der Waals surface area contributed by atoms with Crippen LogP contribution in [-0.4, -0.2) is 75.6 Å². The van der Waals surface area contributed by atoms with E-state index in [0.29, 0.717) is 13.0 Å². The maximum Gasteiger partial charge on any atom is 0.320 e. The molecule has 0 spiro atoms. The van der Waals surface area contributed by atoms with Crippen LogP contribution in [0, 0.1) is 0 Å². The van der Waals surface area contributed by atoms with Crippen LogP contribution in [0.3, 0.4) is 0 Å². The number of carboxylic acids is 1. The fraction of sp³-hybridized carbons (Fsp3) is 0.909. The van der Waals surface area contributed by atoms with E-state index in [-0.39, 0.29) is 12.2 Å². The Bertz CT molecular complexity index is 395. The third-order valence-corrected chi connectivity index (χ3v) is 4.51. The van der Waals surface area contributed by atoms with E-state index in [4.69, 9.17) is 15.6 Å². The zero-order chi connectivity index (χ0) is 15.0. The number of nitrogens with zero attached hydrogens (tertiary/aromatic N) is 1. The summed E-state index contributed by atoms with van der Waals surface area (Å²) in [5.74, 6) is -1.45. The molecule has 20 heavy (non-hydrogen) atoms. The van der Waals surface area contributed by atoms with Crippen molar-refractivity contribution in [2.24, 2.45) is 5.73 Å². The van der Waals surface area contributed by atoms with Gasteiger partial charge in [0, 0.05) is 19.6 Å². The van der Waals surface area contributed by atoms with Crippen molar-refractivity contribution in [3.05, 3.63) is 0 Å². The third kappa shape index (κ3) is 7.15. The average molecular weight is 309 g/mol. The van der Waals surface area contributed by atoms with Gasteiger partial charge in [-0.25, -0.2) is 13.1 Å². The number of sulfonamides is 1. The minimum atomic E-state index is -3.45. The monoisotopic (exact) mass is 309 g/mol. The molecular formula is C11H23N3O5S. The van der Waals surface area contributed by atoms with E-state index in [1.165, 1.54) is 0 Å². The molecule has 0 aromatic rings. The number of aliphatic carboxylic acids is 1. The maximum atomic E-state index is 11.6. The Morgan fingerprint density at radius 1 is 1.40 bits per heavy atom. The molecule has 0 unspecified atom stereocenters. The van der Waals surface area contributed by atoms with Gasteiger partial charge in [-0.15, -0.1) is 0 Å². The number of carboxylic acid groups (broad SMARTS) is 1. The Kier molecular flexibility index (Phi) is 7.38. The van der Waals surface area contributed by atoms with Gasteiger partial charge < -0.3 is 15.6 Å². The Morgan fingerprint density at radius 3 is 2.65 bits per heavy atom. The number of hydrogen-bond acceptors (Lipinski definition) is 6. The van der Waals surface area contributed by atoms with Crippen molar-refractivity contribution >= 4 is 16.0 Å². The van der Waals surface area contributed by atoms with E-state index in [2.05, 4.69) is 9.62 Å². The first-order valence-corrected chi connectivity index (χ1v) is 8.32. The molecule has 9 heteroatoms. The molecule has 0 aromatic heterocycles.